The molecule has 1 fully saturated rings. The van der Waals surface area contributed by atoms with Gasteiger partial charge in [0.15, 0.2) is 0 Å². The van der Waals surface area contributed by atoms with Crippen molar-refractivity contribution in [1.82, 2.24) is 4.90 Å². The minimum atomic E-state index is -1.32. The standard InChI is InChI=1S/C47H67N3O9/c1-5-7-8-9-10-11-12-13-14-24-44(53)49(3)43-33-41(48-56-4)39-30-34(20-15-17-27-51)38(23-16-18-28-52)45-40-32-37(58-36-22-19-21-35(31-36)50(54)55)25-26-42(40)59-47(43,46(39)45)57-29-6-2/h6,19,21-22,25-26,30-32,34,38,43,45-46,51-52H,2,5,7-18,20,23-24,27-29,33H2,1,3-4H3. The zero-order chi connectivity index (χ0) is 42.2. The second kappa shape index (κ2) is 22.9. The van der Waals surface area contributed by atoms with Crippen LogP contribution in [0.15, 0.2) is 71.9 Å². The van der Waals surface area contributed by atoms with Crippen LogP contribution in [0.3, 0.4) is 0 Å². The Morgan fingerprint density at radius 1 is 0.983 bits per heavy atom. The maximum absolute atomic E-state index is 14.2. The summed E-state index contributed by atoms with van der Waals surface area (Å²) in [7, 11) is 3.39. The van der Waals surface area contributed by atoms with Crippen LogP contribution in [0.1, 0.15) is 128 Å². The molecule has 59 heavy (non-hydrogen) atoms. The summed E-state index contributed by atoms with van der Waals surface area (Å²) in [6.45, 7) is 6.60. The van der Waals surface area contributed by atoms with E-state index in [9.17, 15) is 25.1 Å². The van der Waals surface area contributed by atoms with Gasteiger partial charge in [-0.3, -0.25) is 14.9 Å². The first-order chi connectivity index (χ1) is 28.7. The average Bonchev–Trinajstić information content (AvgIpc) is 3.23. The number of carbonyl (C=O) groups excluding carboxylic acids is 1. The van der Waals surface area contributed by atoms with Gasteiger partial charge in [0.25, 0.3) is 5.69 Å². The number of nitro benzene ring substituents is 1. The van der Waals surface area contributed by atoms with Gasteiger partial charge in [-0.1, -0.05) is 94.5 Å². The van der Waals surface area contributed by atoms with E-state index in [2.05, 4.69) is 24.7 Å². The molecular weight excluding hydrogens is 751 g/mol. The molecule has 1 aliphatic heterocycles. The van der Waals surface area contributed by atoms with E-state index < -0.39 is 22.7 Å². The lowest BCUT2D eigenvalue weighted by atomic mass is 9.55. The van der Waals surface area contributed by atoms with Crippen molar-refractivity contribution in [3.05, 3.63) is 82.4 Å². The first-order valence-electron chi connectivity index (χ1n) is 22.0. The molecule has 2 aliphatic carbocycles. The third-order valence-corrected chi connectivity index (χ3v) is 12.5. The van der Waals surface area contributed by atoms with Gasteiger partial charge in [0, 0.05) is 50.7 Å². The number of nitrogens with zero attached hydrogens (tertiary/aromatic N) is 3. The lowest BCUT2D eigenvalue weighted by Gasteiger charge is -2.59. The summed E-state index contributed by atoms with van der Waals surface area (Å²) in [5.41, 5.74) is 2.54. The average molecular weight is 818 g/mol. The minimum absolute atomic E-state index is 0.0209. The SMILES string of the molecule is C=CCOC12Oc3ccc(Oc4cccc([N+](=O)[O-])c4)cc3C3C(CCCCO)C(CCCCO)C=C(C(=NOC)CC1N(C)C(=O)CCCCCCCCCCC)C32. The number of hydrogen-bond acceptors (Lipinski definition) is 10. The number of benzene rings is 2. The molecule has 1 heterocycles. The maximum atomic E-state index is 14.2. The van der Waals surface area contributed by atoms with Crippen LogP contribution in [-0.2, 0) is 14.4 Å². The lowest BCUT2D eigenvalue weighted by Crippen LogP contribution is -2.69. The molecule has 6 unspecified atom stereocenters. The molecule has 6 atom stereocenters. The van der Waals surface area contributed by atoms with Gasteiger partial charge >= 0.3 is 0 Å². The van der Waals surface area contributed by atoms with Crippen LogP contribution in [0.4, 0.5) is 5.69 Å². The van der Waals surface area contributed by atoms with Crippen LogP contribution >= 0.6 is 0 Å². The molecule has 12 nitrogen and oxygen atoms in total. The third-order valence-electron chi connectivity index (χ3n) is 12.5. The van der Waals surface area contributed by atoms with E-state index in [1.165, 1.54) is 57.8 Å². The summed E-state index contributed by atoms with van der Waals surface area (Å²) >= 11 is 0. The Kier molecular flexibility index (Phi) is 17.8. The van der Waals surface area contributed by atoms with Crippen molar-refractivity contribution in [3.8, 4) is 17.2 Å². The topological polar surface area (TPSA) is 153 Å². The van der Waals surface area contributed by atoms with Crippen LogP contribution < -0.4 is 9.47 Å². The molecular formula is C47H67N3O9. The quantitative estimate of drug-likeness (QED) is 0.0409. The molecule has 0 saturated heterocycles. The Morgan fingerprint density at radius 3 is 2.36 bits per heavy atom. The predicted molar refractivity (Wildman–Crippen MR) is 230 cm³/mol. The number of hydrogen-bond donors (Lipinski definition) is 2. The minimum Gasteiger partial charge on any atom is -0.459 e. The number of allylic oxidation sites excluding steroid dienone is 1. The third kappa shape index (κ3) is 11.3. The number of fused-ring (bicyclic) bond motifs is 2. The highest BCUT2D eigenvalue weighted by atomic mass is 16.7. The fourth-order valence-electron chi connectivity index (χ4n) is 9.64. The number of aliphatic hydroxyl groups is 2. The Hall–Kier alpha value is -4.26. The molecule has 0 radical (unpaired) electrons. The molecule has 2 aromatic carbocycles. The summed E-state index contributed by atoms with van der Waals surface area (Å²) in [4.78, 5) is 32.7. The van der Waals surface area contributed by atoms with Gasteiger partial charge in [0.2, 0.25) is 11.7 Å². The normalized spacial score (nSPS) is 23.7. The van der Waals surface area contributed by atoms with E-state index in [4.69, 9.17) is 19.0 Å². The van der Waals surface area contributed by atoms with Crippen LogP contribution in [0.5, 0.6) is 17.2 Å². The predicted octanol–water partition coefficient (Wildman–Crippen LogP) is 10.0. The number of unbranched alkanes of at least 4 members (excludes halogenated alkanes) is 10. The van der Waals surface area contributed by atoms with E-state index >= 15 is 0 Å². The van der Waals surface area contributed by atoms with Crippen molar-refractivity contribution < 1.29 is 39.0 Å². The monoisotopic (exact) mass is 817 g/mol. The van der Waals surface area contributed by atoms with E-state index in [0.29, 0.717) is 42.9 Å². The second-order valence-corrected chi connectivity index (χ2v) is 16.4. The van der Waals surface area contributed by atoms with Crippen molar-refractivity contribution in [2.75, 3.05) is 34.0 Å². The molecule has 3 aliphatic rings. The van der Waals surface area contributed by atoms with Gasteiger partial charge in [-0.2, -0.15) is 0 Å². The Morgan fingerprint density at radius 2 is 1.68 bits per heavy atom. The number of rotatable bonds is 26. The highest BCUT2D eigenvalue weighted by molar-refractivity contribution is 6.03. The summed E-state index contributed by atoms with van der Waals surface area (Å²) < 4.78 is 20.5. The van der Waals surface area contributed by atoms with Crippen LogP contribution in [-0.4, -0.2) is 77.5 Å². The summed E-state index contributed by atoms with van der Waals surface area (Å²) in [6.07, 6.45) is 19.8. The number of carbonyl (C=O) groups is 1. The fraction of sp³-hybridized carbons (Fsp3) is 0.617. The van der Waals surface area contributed by atoms with Crippen LogP contribution in [0.25, 0.3) is 0 Å². The number of aliphatic hydroxyl groups excluding tert-OH is 2. The lowest BCUT2D eigenvalue weighted by molar-refractivity contribution is -0.384. The van der Waals surface area contributed by atoms with E-state index in [0.717, 1.165) is 61.8 Å². The van der Waals surface area contributed by atoms with Crippen molar-refractivity contribution in [3.63, 3.8) is 0 Å². The van der Waals surface area contributed by atoms with Gasteiger partial charge in [-0.05, 0) is 73.8 Å². The molecule has 0 bridgehead atoms. The van der Waals surface area contributed by atoms with Gasteiger partial charge in [0.05, 0.1) is 29.2 Å². The van der Waals surface area contributed by atoms with Crippen molar-refractivity contribution >= 4 is 17.3 Å². The van der Waals surface area contributed by atoms with Crippen molar-refractivity contribution in [2.45, 2.75) is 134 Å². The zero-order valence-electron chi connectivity index (χ0n) is 35.5. The Labute approximate surface area is 350 Å². The number of oxime groups is 1. The van der Waals surface area contributed by atoms with E-state index in [1.54, 1.807) is 24.3 Å². The number of likely N-dealkylation sites (N-methyl/N-ethyl adjacent to an activating group) is 1. The largest absolute Gasteiger partial charge is 0.459 e. The fourth-order valence-corrected chi connectivity index (χ4v) is 9.64. The van der Waals surface area contributed by atoms with Gasteiger partial charge < -0.3 is 34.2 Å². The first-order valence-corrected chi connectivity index (χ1v) is 22.0. The molecule has 0 aromatic heterocycles. The molecule has 2 N–H and O–H groups in total. The Bertz CT molecular complexity index is 1750. The number of amides is 1. The maximum Gasteiger partial charge on any atom is 0.273 e. The highest BCUT2D eigenvalue weighted by Gasteiger charge is 2.65. The Balaban J connectivity index is 1.58. The van der Waals surface area contributed by atoms with Crippen LogP contribution in [0.2, 0.25) is 0 Å². The molecule has 0 spiro atoms. The molecule has 2 aromatic rings. The molecule has 1 amide bonds. The summed E-state index contributed by atoms with van der Waals surface area (Å²) in [6, 6.07) is 11.2. The van der Waals surface area contributed by atoms with Gasteiger partial charge in [0.1, 0.15) is 30.4 Å². The molecule has 5 rings (SSSR count). The first kappa shape index (κ1) is 45.8. The smallest absolute Gasteiger partial charge is 0.273 e. The number of non-ortho nitro benzene ring substituents is 1. The van der Waals surface area contributed by atoms with E-state index in [-0.39, 0.29) is 49.2 Å². The second-order valence-electron chi connectivity index (χ2n) is 16.4. The summed E-state index contributed by atoms with van der Waals surface area (Å²) in [5, 5.41) is 35.9. The molecule has 1 saturated carbocycles. The molecule has 324 valence electrons. The summed E-state index contributed by atoms with van der Waals surface area (Å²) in [5.74, 6) is -0.333. The van der Waals surface area contributed by atoms with Crippen molar-refractivity contribution in [2.24, 2.45) is 22.9 Å². The zero-order valence-corrected chi connectivity index (χ0v) is 35.5. The van der Waals surface area contributed by atoms with Crippen molar-refractivity contribution in [1.29, 1.82) is 0 Å². The number of ether oxygens (including phenoxy) is 3. The van der Waals surface area contributed by atoms with Crippen LogP contribution in [0, 0.1) is 27.9 Å². The van der Waals surface area contributed by atoms with Gasteiger partial charge in [-0.25, -0.2) is 0 Å². The molecule has 12 heteroatoms. The van der Waals surface area contributed by atoms with Gasteiger partial charge in [-0.15, -0.1) is 6.58 Å². The van der Waals surface area contributed by atoms with E-state index in [1.807, 2.05) is 24.1 Å². The highest BCUT2D eigenvalue weighted by Crippen LogP contribution is 2.62. The number of nitro groups is 1.